The number of rotatable bonds is 3. The lowest BCUT2D eigenvalue weighted by atomic mass is 10.2. The zero-order chi connectivity index (χ0) is 13.9. The molecule has 1 aliphatic heterocycles. The molecule has 0 amide bonds. The van der Waals surface area contributed by atoms with Gasteiger partial charge in [0, 0.05) is 11.7 Å². The van der Waals surface area contributed by atoms with Crippen molar-refractivity contribution in [1.82, 2.24) is 0 Å². The van der Waals surface area contributed by atoms with Gasteiger partial charge in [0.25, 0.3) is 0 Å². The van der Waals surface area contributed by atoms with E-state index in [4.69, 9.17) is 11.1 Å². The van der Waals surface area contributed by atoms with E-state index in [1.54, 1.807) is 24.3 Å². The summed E-state index contributed by atoms with van der Waals surface area (Å²) in [5.74, 6) is 0.0762. The fraction of sp³-hybridized carbons (Fsp3) is 0.364. The van der Waals surface area contributed by atoms with Crippen molar-refractivity contribution in [3.63, 3.8) is 0 Å². The van der Waals surface area contributed by atoms with Crippen LogP contribution in [-0.4, -0.2) is 31.9 Å². The second-order valence-corrected chi connectivity index (χ2v) is 6.61. The van der Waals surface area contributed by atoms with Gasteiger partial charge < -0.3 is 11.1 Å². The Kier molecular flexibility index (Phi) is 3.79. The highest BCUT2D eigenvalue weighted by Gasteiger charge is 2.27. The fourth-order valence-electron chi connectivity index (χ4n) is 1.88. The molecule has 0 aliphatic carbocycles. The average molecular weight is 281 g/mol. The number of nitrogens with two attached hydrogens (primary N) is 1. The molecule has 4 N–H and O–H groups in total. The molecule has 1 heterocycles. The van der Waals surface area contributed by atoms with E-state index < -0.39 is 9.84 Å². The Morgan fingerprint density at radius 1 is 1.37 bits per heavy atom. The topological polar surface area (TPSA) is 121 Å². The van der Waals surface area contributed by atoms with Gasteiger partial charge in [-0.05, 0) is 30.7 Å². The van der Waals surface area contributed by atoms with Crippen LogP contribution in [0.25, 0.3) is 0 Å². The van der Waals surface area contributed by atoms with Gasteiger partial charge in [0.2, 0.25) is 5.96 Å². The summed E-state index contributed by atoms with van der Waals surface area (Å²) in [5, 5.41) is 17.3. The molecule has 1 fully saturated rings. The second-order valence-electron chi connectivity index (χ2n) is 4.38. The molecule has 19 heavy (non-hydrogen) atoms. The van der Waals surface area contributed by atoms with Crippen LogP contribution < -0.4 is 11.1 Å². The Morgan fingerprint density at radius 3 is 2.58 bits per heavy atom. The molecule has 102 valence electrons. The minimum Gasteiger partial charge on any atom is -0.381 e. The van der Waals surface area contributed by atoms with E-state index in [-0.39, 0.29) is 23.5 Å². The lowest BCUT2D eigenvalue weighted by molar-refractivity contribution is 0.602. The molecule has 1 saturated heterocycles. The molecule has 1 aliphatic rings. The molecule has 0 aromatic heterocycles. The molecule has 8 heteroatoms. The van der Waals surface area contributed by atoms with Gasteiger partial charge >= 0.3 is 0 Å². The quantitative estimate of drug-likeness (QED) is 0.438. The molecule has 1 aromatic rings. The summed E-state index contributed by atoms with van der Waals surface area (Å²) >= 11 is 0. The minimum atomic E-state index is -2.88. The van der Waals surface area contributed by atoms with E-state index >= 15 is 0 Å². The van der Waals surface area contributed by atoms with Crippen molar-refractivity contribution in [1.29, 1.82) is 5.41 Å². The van der Waals surface area contributed by atoms with Crippen molar-refractivity contribution in [3.8, 4) is 0 Å². The van der Waals surface area contributed by atoms with Crippen molar-refractivity contribution >= 4 is 27.2 Å². The van der Waals surface area contributed by atoms with Gasteiger partial charge in [0.05, 0.1) is 17.2 Å². The number of nitrogens with zero attached hydrogens (tertiary/aromatic N) is 2. The maximum absolute atomic E-state index is 11.3. The average Bonchev–Trinajstić information content (AvgIpc) is 2.68. The Balaban J connectivity index is 1.98. The normalized spacial score (nSPS) is 21.6. The van der Waals surface area contributed by atoms with E-state index in [0.717, 1.165) is 5.69 Å². The highest BCUT2D eigenvalue weighted by molar-refractivity contribution is 7.91. The molecule has 7 nitrogen and oxygen atoms in total. The second kappa shape index (κ2) is 5.35. The SMILES string of the molecule is N=C(N)N=Nc1ccc(N[C@H]2CCS(=O)(=O)C2)cc1. The Labute approximate surface area is 111 Å². The molecular formula is C11H15N5O2S. The lowest BCUT2D eigenvalue weighted by Crippen LogP contribution is -2.20. The molecule has 1 atom stereocenters. The Hall–Kier alpha value is -1.96. The molecule has 0 spiro atoms. The summed E-state index contributed by atoms with van der Waals surface area (Å²) < 4.78 is 22.7. The first kappa shape index (κ1) is 13.5. The number of guanidine groups is 1. The molecule has 2 rings (SSSR count). The monoisotopic (exact) mass is 281 g/mol. The van der Waals surface area contributed by atoms with Crippen molar-refractivity contribution in [2.75, 3.05) is 16.8 Å². The Morgan fingerprint density at radius 2 is 2.05 bits per heavy atom. The van der Waals surface area contributed by atoms with Gasteiger partial charge in [0.15, 0.2) is 9.84 Å². The van der Waals surface area contributed by atoms with Crippen molar-refractivity contribution in [2.45, 2.75) is 12.5 Å². The highest BCUT2D eigenvalue weighted by atomic mass is 32.2. The standard InChI is InChI=1S/C11H15N5O2S/c12-11(13)16-15-9-3-1-8(2-4-9)14-10-5-6-19(17,18)7-10/h1-4,10,14H,5-7H2,(H3,12,13)/t10-/m0/s1. The van der Waals surface area contributed by atoms with E-state index in [1.807, 2.05) is 0 Å². The summed E-state index contributed by atoms with van der Waals surface area (Å²) in [4.78, 5) is 0. The summed E-state index contributed by atoms with van der Waals surface area (Å²) in [6.45, 7) is 0. The number of azo groups is 1. The zero-order valence-corrected chi connectivity index (χ0v) is 11.0. The molecule has 0 saturated carbocycles. The first-order chi connectivity index (χ1) is 8.94. The number of nitrogens with one attached hydrogen (secondary N) is 2. The number of anilines is 1. The number of hydrogen-bond donors (Lipinski definition) is 3. The van der Waals surface area contributed by atoms with Crippen LogP contribution in [0.1, 0.15) is 6.42 Å². The largest absolute Gasteiger partial charge is 0.381 e. The predicted molar refractivity (Wildman–Crippen MR) is 73.6 cm³/mol. The van der Waals surface area contributed by atoms with Crippen LogP contribution in [0.5, 0.6) is 0 Å². The lowest BCUT2D eigenvalue weighted by Gasteiger charge is -2.12. The number of benzene rings is 1. The molecule has 0 unspecified atom stereocenters. The third-order valence-electron chi connectivity index (χ3n) is 2.74. The van der Waals surface area contributed by atoms with Crippen molar-refractivity contribution in [2.24, 2.45) is 16.0 Å². The molecule has 0 radical (unpaired) electrons. The van der Waals surface area contributed by atoms with Gasteiger partial charge in [-0.1, -0.05) is 0 Å². The van der Waals surface area contributed by atoms with Crippen LogP contribution in [0.4, 0.5) is 11.4 Å². The Bertz CT molecular complexity index is 594. The fourth-order valence-corrected chi connectivity index (χ4v) is 3.55. The van der Waals surface area contributed by atoms with Crippen LogP contribution >= 0.6 is 0 Å². The summed E-state index contributed by atoms with van der Waals surface area (Å²) in [6.07, 6.45) is 0.633. The predicted octanol–water partition coefficient (Wildman–Crippen LogP) is 1.26. The van der Waals surface area contributed by atoms with Gasteiger partial charge in [-0.2, -0.15) is 0 Å². The first-order valence-corrected chi connectivity index (χ1v) is 7.59. The summed E-state index contributed by atoms with van der Waals surface area (Å²) in [5.41, 5.74) is 6.48. The van der Waals surface area contributed by atoms with Crippen LogP contribution in [-0.2, 0) is 9.84 Å². The van der Waals surface area contributed by atoms with Crippen LogP contribution in [0, 0.1) is 5.41 Å². The van der Waals surface area contributed by atoms with E-state index in [1.165, 1.54) is 0 Å². The first-order valence-electron chi connectivity index (χ1n) is 5.77. The third kappa shape index (κ3) is 4.02. The van der Waals surface area contributed by atoms with Gasteiger partial charge in [-0.3, -0.25) is 5.41 Å². The van der Waals surface area contributed by atoms with Gasteiger partial charge in [0.1, 0.15) is 0 Å². The van der Waals surface area contributed by atoms with Crippen LogP contribution in [0.3, 0.4) is 0 Å². The van der Waals surface area contributed by atoms with E-state index in [2.05, 4.69) is 15.5 Å². The maximum Gasteiger partial charge on any atom is 0.232 e. The summed E-state index contributed by atoms with van der Waals surface area (Å²) in [7, 11) is -2.88. The summed E-state index contributed by atoms with van der Waals surface area (Å²) in [6, 6.07) is 6.99. The third-order valence-corrected chi connectivity index (χ3v) is 4.51. The van der Waals surface area contributed by atoms with Gasteiger partial charge in [-0.15, -0.1) is 10.2 Å². The van der Waals surface area contributed by atoms with E-state index in [9.17, 15) is 8.42 Å². The smallest absolute Gasteiger partial charge is 0.232 e. The minimum absolute atomic E-state index is 0.0327. The van der Waals surface area contributed by atoms with Crippen molar-refractivity contribution in [3.05, 3.63) is 24.3 Å². The zero-order valence-electron chi connectivity index (χ0n) is 10.2. The highest BCUT2D eigenvalue weighted by Crippen LogP contribution is 2.20. The molecule has 0 bridgehead atoms. The number of hydrogen-bond acceptors (Lipinski definition) is 5. The van der Waals surface area contributed by atoms with Crippen LogP contribution in [0.2, 0.25) is 0 Å². The van der Waals surface area contributed by atoms with Crippen LogP contribution in [0.15, 0.2) is 34.5 Å². The van der Waals surface area contributed by atoms with Gasteiger partial charge in [-0.25, -0.2) is 8.42 Å². The van der Waals surface area contributed by atoms with Crippen molar-refractivity contribution < 1.29 is 8.42 Å². The number of sulfone groups is 1. The molecule has 1 aromatic carbocycles. The van der Waals surface area contributed by atoms with E-state index in [0.29, 0.717) is 12.1 Å². The maximum atomic E-state index is 11.3. The molecular weight excluding hydrogens is 266 g/mol.